The number of H-pyrrole nitrogens is 1. The van der Waals surface area contributed by atoms with Crippen LogP contribution in [0.5, 0.6) is 0 Å². The van der Waals surface area contributed by atoms with Crippen LogP contribution in [0, 0.1) is 0 Å². The number of nitrogens with zero attached hydrogens (tertiary/aromatic N) is 4. The Balaban J connectivity index is 1.58. The maximum absolute atomic E-state index is 12.9. The van der Waals surface area contributed by atoms with E-state index in [1.54, 1.807) is 12.5 Å². The molecule has 128 valence electrons. The van der Waals surface area contributed by atoms with E-state index >= 15 is 0 Å². The molecule has 0 saturated carbocycles. The van der Waals surface area contributed by atoms with Crippen molar-refractivity contribution in [3.05, 3.63) is 58.9 Å². The average molecular weight is 354 g/mol. The molecule has 1 aliphatic rings. The molecule has 0 bridgehead atoms. The lowest BCUT2D eigenvalue weighted by Gasteiger charge is -2.34. The van der Waals surface area contributed by atoms with Gasteiger partial charge in [0.05, 0.1) is 23.4 Å². The fourth-order valence-corrected chi connectivity index (χ4v) is 3.80. The van der Waals surface area contributed by atoms with Crippen molar-refractivity contribution < 1.29 is 4.79 Å². The van der Waals surface area contributed by atoms with E-state index in [0.29, 0.717) is 24.5 Å². The molecular weight excluding hydrogens is 336 g/mol. The molecule has 7 nitrogen and oxygen atoms in total. The number of hydrogen-bond acceptors (Lipinski definition) is 6. The molecular formula is C17H18N6OS. The van der Waals surface area contributed by atoms with Crippen molar-refractivity contribution >= 4 is 22.4 Å². The summed E-state index contributed by atoms with van der Waals surface area (Å²) in [6.45, 7) is 0.647. The summed E-state index contributed by atoms with van der Waals surface area (Å²) in [5.74, 6) is 0.0795. The number of rotatable bonds is 4. The van der Waals surface area contributed by atoms with Gasteiger partial charge in [0, 0.05) is 36.7 Å². The summed E-state index contributed by atoms with van der Waals surface area (Å²) in [6.07, 6.45) is 5.19. The number of imidazole rings is 1. The van der Waals surface area contributed by atoms with Gasteiger partial charge in [-0.1, -0.05) is 6.07 Å². The lowest BCUT2D eigenvalue weighted by atomic mass is 9.98. The number of fused-ring (bicyclic) bond motifs is 1. The van der Waals surface area contributed by atoms with Gasteiger partial charge in [0.1, 0.15) is 6.04 Å². The second-order valence-corrected chi connectivity index (χ2v) is 6.83. The van der Waals surface area contributed by atoms with Crippen molar-refractivity contribution in [1.29, 1.82) is 0 Å². The molecule has 3 N–H and O–H groups in total. The van der Waals surface area contributed by atoms with Crippen molar-refractivity contribution in [1.82, 2.24) is 24.8 Å². The van der Waals surface area contributed by atoms with Crippen molar-refractivity contribution in [2.45, 2.75) is 25.3 Å². The highest BCUT2D eigenvalue weighted by Crippen LogP contribution is 2.32. The zero-order valence-corrected chi connectivity index (χ0v) is 14.4. The zero-order valence-electron chi connectivity index (χ0n) is 13.6. The first-order chi connectivity index (χ1) is 12.2. The van der Waals surface area contributed by atoms with E-state index in [1.165, 1.54) is 11.3 Å². The molecule has 0 spiro atoms. The monoisotopic (exact) mass is 354 g/mol. The Labute approximate surface area is 148 Å². The number of amides is 1. The van der Waals surface area contributed by atoms with E-state index in [4.69, 9.17) is 5.73 Å². The van der Waals surface area contributed by atoms with Gasteiger partial charge in [-0.3, -0.25) is 9.78 Å². The number of aryl methyl sites for hydroxylation is 1. The normalized spacial score (nSPS) is 16.6. The van der Waals surface area contributed by atoms with E-state index < -0.39 is 0 Å². The van der Waals surface area contributed by atoms with Crippen LogP contribution in [0.25, 0.3) is 0 Å². The third-order valence-electron chi connectivity index (χ3n) is 4.38. The first kappa shape index (κ1) is 15.8. The van der Waals surface area contributed by atoms with E-state index in [9.17, 15) is 4.79 Å². The van der Waals surface area contributed by atoms with E-state index in [1.807, 2.05) is 28.5 Å². The zero-order chi connectivity index (χ0) is 17.2. The quantitative estimate of drug-likeness (QED) is 0.746. The van der Waals surface area contributed by atoms with Crippen LogP contribution in [0.3, 0.4) is 0 Å². The maximum atomic E-state index is 12.9. The second-order valence-electron chi connectivity index (χ2n) is 5.94. The van der Waals surface area contributed by atoms with Crippen LogP contribution in [0.1, 0.15) is 35.2 Å². The van der Waals surface area contributed by atoms with Gasteiger partial charge in [-0.15, -0.1) is 11.3 Å². The number of nitrogens with two attached hydrogens (primary N) is 1. The van der Waals surface area contributed by atoms with Crippen molar-refractivity contribution in [3.63, 3.8) is 0 Å². The Kier molecular flexibility index (Phi) is 4.19. The molecule has 0 fully saturated rings. The molecule has 0 radical (unpaired) electrons. The molecule has 0 aliphatic carbocycles. The van der Waals surface area contributed by atoms with Crippen LogP contribution in [0.4, 0.5) is 5.13 Å². The number of aromatic amines is 1. The van der Waals surface area contributed by atoms with Gasteiger partial charge in [-0.25, -0.2) is 9.97 Å². The number of anilines is 1. The fraction of sp³-hybridized carbons (Fsp3) is 0.294. The largest absolute Gasteiger partial charge is 0.375 e. The highest BCUT2D eigenvalue weighted by Gasteiger charge is 2.34. The third kappa shape index (κ3) is 3.12. The number of aromatic nitrogens is 4. The number of nitrogens with one attached hydrogen (secondary N) is 1. The Morgan fingerprint density at radius 1 is 1.40 bits per heavy atom. The van der Waals surface area contributed by atoms with Gasteiger partial charge < -0.3 is 15.6 Å². The highest BCUT2D eigenvalue weighted by molar-refractivity contribution is 7.13. The molecule has 3 aromatic rings. The first-order valence-corrected chi connectivity index (χ1v) is 9.03. The minimum absolute atomic E-state index is 0.0795. The Hall–Kier alpha value is -2.74. The number of thiazole rings is 1. The maximum Gasteiger partial charge on any atom is 0.223 e. The molecule has 0 saturated heterocycles. The summed E-state index contributed by atoms with van der Waals surface area (Å²) in [4.78, 5) is 31.1. The predicted octanol–water partition coefficient (Wildman–Crippen LogP) is 1.95. The van der Waals surface area contributed by atoms with Crippen molar-refractivity contribution in [2.75, 3.05) is 12.3 Å². The van der Waals surface area contributed by atoms with Crippen LogP contribution < -0.4 is 5.73 Å². The van der Waals surface area contributed by atoms with Crippen LogP contribution in [-0.2, 0) is 17.6 Å². The number of hydrogen-bond donors (Lipinski definition) is 2. The molecule has 1 amide bonds. The van der Waals surface area contributed by atoms with Gasteiger partial charge in [0.2, 0.25) is 5.91 Å². The molecule has 1 aliphatic heterocycles. The lowest BCUT2D eigenvalue weighted by Crippen LogP contribution is -2.41. The van der Waals surface area contributed by atoms with Crippen LogP contribution in [0.2, 0.25) is 0 Å². The Morgan fingerprint density at radius 3 is 3.08 bits per heavy atom. The van der Waals surface area contributed by atoms with E-state index in [2.05, 4.69) is 19.9 Å². The molecule has 8 heteroatoms. The molecule has 1 atom stereocenters. The number of carbonyl (C=O) groups excluding carboxylic acids is 1. The number of nitrogen functional groups attached to an aromatic ring is 1. The topological polar surface area (TPSA) is 101 Å². The van der Waals surface area contributed by atoms with Crippen molar-refractivity contribution in [3.8, 4) is 0 Å². The van der Waals surface area contributed by atoms with Gasteiger partial charge in [-0.05, 0) is 18.6 Å². The lowest BCUT2D eigenvalue weighted by molar-refractivity contribution is -0.133. The predicted molar refractivity (Wildman–Crippen MR) is 94.9 cm³/mol. The third-order valence-corrected chi connectivity index (χ3v) is 5.10. The summed E-state index contributed by atoms with van der Waals surface area (Å²) in [5.41, 5.74) is 9.32. The summed E-state index contributed by atoms with van der Waals surface area (Å²) in [7, 11) is 0. The van der Waals surface area contributed by atoms with Gasteiger partial charge >= 0.3 is 0 Å². The molecule has 4 heterocycles. The van der Waals surface area contributed by atoms with Gasteiger partial charge in [0.15, 0.2) is 5.13 Å². The van der Waals surface area contributed by atoms with Crippen LogP contribution in [0.15, 0.2) is 36.1 Å². The number of pyridine rings is 1. The smallest absolute Gasteiger partial charge is 0.223 e. The summed E-state index contributed by atoms with van der Waals surface area (Å²) < 4.78 is 0. The Bertz CT molecular complexity index is 874. The van der Waals surface area contributed by atoms with Gasteiger partial charge in [-0.2, -0.15) is 0 Å². The highest BCUT2D eigenvalue weighted by atomic mass is 32.1. The number of carbonyl (C=O) groups is 1. The van der Waals surface area contributed by atoms with E-state index in [-0.39, 0.29) is 11.9 Å². The molecule has 1 unspecified atom stereocenters. The minimum atomic E-state index is -0.246. The summed E-state index contributed by atoms with van der Waals surface area (Å²) in [6, 6.07) is 5.50. The fourth-order valence-electron chi connectivity index (χ4n) is 3.20. The Morgan fingerprint density at radius 2 is 2.32 bits per heavy atom. The van der Waals surface area contributed by atoms with Crippen LogP contribution >= 0.6 is 11.3 Å². The van der Waals surface area contributed by atoms with Gasteiger partial charge in [0.25, 0.3) is 0 Å². The molecule has 0 aromatic carbocycles. The standard InChI is InChI=1S/C17H18N6OS/c18-17-22-11(9-25-17)4-5-14(24)23-8-6-12-15(21-10-20-12)16(23)13-3-1-2-7-19-13/h1-3,7,9-10,16H,4-6,8H2,(H2,18,22)(H,20,21). The first-order valence-electron chi connectivity index (χ1n) is 8.15. The average Bonchev–Trinajstić information content (AvgIpc) is 3.28. The SMILES string of the molecule is Nc1nc(CCC(=O)N2CCc3[nH]cnc3C2c2ccccn2)cs1. The second kappa shape index (κ2) is 6.64. The van der Waals surface area contributed by atoms with Crippen LogP contribution in [-0.4, -0.2) is 37.3 Å². The summed E-state index contributed by atoms with van der Waals surface area (Å²) >= 11 is 1.40. The summed E-state index contributed by atoms with van der Waals surface area (Å²) in [5, 5.41) is 2.44. The molecule has 4 rings (SSSR count). The van der Waals surface area contributed by atoms with E-state index in [0.717, 1.165) is 29.2 Å². The van der Waals surface area contributed by atoms with Crippen molar-refractivity contribution in [2.24, 2.45) is 0 Å². The molecule has 3 aromatic heterocycles. The molecule has 25 heavy (non-hydrogen) atoms. The minimum Gasteiger partial charge on any atom is -0.375 e.